The van der Waals surface area contributed by atoms with Crippen LogP contribution in [0.25, 0.3) is 22.5 Å². The van der Waals surface area contributed by atoms with E-state index < -0.39 is 0 Å². The highest BCUT2D eigenvalue weighted by Crippen LogP contribution is 2.63. The Morgan fingerprint density at radius 3 is 2.17 bits per heavy atom. The van der Waals surface area contributed by atoms with Crippen LogP contribution in [0, 0.1) is 11.3 Å². The molecule has 1 aromatic heterocycles. The molecule has 3 aromatic rings. The third-order valence-electron chi connectivity index (χ3n) is 6.61. The number of nitrogens with zero attached hydrogens (tertiary/aromatic N) is 3. The Kier molecular flexibility index (Phi) is 3.92. The Bertz CT molecular complexity index is 1080. The second-order valence-corrected chi connectivity index (χ2v) is 9.43. The van der Waals surface area contributed by atoms with E-state index in [-0.39, 0.29) is 0 Å². The zero-order valence-electron chi connectivity index (χ0n) is 15.8. The van der Waals surface area contributed by atoms with E-state index in [1.54, 1.807) is 0 Å². The van der Waals surface area contributed by atoms with Gasteiger partial charge in [-0.05, 0) is 36.6 Å². The van der Waals surface area contributed by atoms with Crippen LogP contribution in [0.5, 0.6) is 0 Å². The Labute approximate surface area is 179 Å². The molecule has 4 heterocycles. The van der Waals surface area contributed by atoms with E-state index in [1.165, 1.54) is 19.5 Å². The van der Waals surface area contributed by atoms with E-state index in [1.807, 2.05) is 54.7 Å². The zero-order chi connectivity index (χ0) is 19.6. The average Bonchev–Trinajstić information content (AvgIpc) is 3.48. The predicted octanol–water partition coefficient (Wildman–Crippen LogP) is 5.23. The van der Waals surface area contributed by atoms with Crippen molar-refractivity contribution in [3.8, 4) is 22.5 Å². The third-order valence-corrected chi connectivity index (χ3v) is 7.12. The molecule has 0 amide bonds. The minimum Gasteiger partial charge on any atom is -0.364 e. The molecule has 146 valence electrons. The van der Waals surface area contributed by atoms with Gasteiger partial charge in [0, 0.05) is 52.3 Å². The molecule has 1 saturated carbocycles. The summed E-state index contributed by atoms with van der Waals surface area (Å²) in [5, 5.41) is 5.09. The maximum absolute atomic E-state index is 6.10. The number of hydrogen-bond acceptors (Lipinski definition) is 4. The molecule has 1 spiro atoms. The number of aromatic nitrogens is 2. The van der Waals surface area contributed by atoms with Gasteiger partial charge in [0.1, 0.15) is 5.82 Å². The zero-order valence-corrected chi connectivity index (χ0v) is 17.3. The van der Waals surface area contributed by atoms with E-state index in [0.29, 0.717) is 21.5 Å². The molecular formula is C23H20Cl2N4. The summed E-state index contributed by atoms with van der Waals surface area (Å²) in [5.41, 5.74) is 4.28. The highest BCUT2D eigenvalue weighted by molar-refractivity contribution is 6.31. The molecule has 1 N–H and O–H groups in total. The Morgan fingerprint density at radius 2 is 1.52 bits per heavy atom. The molecule has 4 nitrogen and oxygen atoms in total. The highest BCUT2D eigenvalue weighted by atomic mass is 35.5. The smallest absolute Gasteiger partial charge is 0.145 e. The summed E-state index contributed by atoms with van der Waals surface area (Å²) in [7, 11) is 0. The van der Waals surface area contributed by atoms with Crippen LogP contribution >= 0.6 is 23.2 Å². The quantitative estimate of drug-likeness (QED) is 0.624. The van der Waals surface area contributed by atoms with Gasteiger partial charge < -0.3 is 10.2 Å². The lowest BCUT2D eigenvalue weighted by molar-refractivity contribution is 0.0238. The first kappa shape index (κ1) is 17.7. The molecular weight excluding hydrogens is 403 g/mol. The van der Waals surface area contributed by atoms with Crippen molar-refractivity contribution < 1.29 is 0 Å². The standard InChI is InChI=1S/C23H20Cl2N4/c24-16-5-1-14(2-6-16)21-22(15-3-7-17(25)8-4-15)28-20(10-26-21)27-19-11-29-12-23(13-29)9-18(19)23/h1-8,10,18-19H,9,11-13H2,(H,27,28)/t18?,19-/m1/s1. The molecule has 7 rings (SSSR count). The minimum atomic E-state index is 0.464. The molecule has 29 heavy (non-hydrogen) atoms. The summed E-state index contributed by atoms with van der Waals surface area (Å²) in [5.74, 6) is 1.62. The van der Waals surface area contributed by atoms with Crippen molar-refractivity contribution in [1.29, 1.82) is 0 Å². The summed E-state index contributed by atoms with van der Waals surface area (Å²) >= 11 is 12.2. The molecule has 4 fully saturated rings. The lowest BCUT2D eigenvalue weighted by Gasteiger charge is -2.48. The summed E-state index contributed by atoms with van der Waals surface area (Å²) in [6.07, 6.45) is 3.20. The molecule has 4 aliphatic rings. The molecule has 2 bridgehead atoms. The summed E-state index contributed by atoms with van der Waals surface area (Å²) in [6, 6.07) is 16.0. The topological polar surface area (TPSA) is 41.1 Å². The van der Waals surface area contributed by atoms with Crippen LogP contribution in [0.15, 0.2) is 54.7 Å². The number of rotatable bonds is 4. The average molecular weight is 423 g/mol. The third kappa shape index (κ3) is 3.02. The Balaban J connectivity index is 1.37. The van der Waals surface area contributed by atoms with E-state index in [2.05, 4.69) is 10.2 Å². The molecule has 3 aliphatic heterocycles. The molecule has 1 aliphatic carbocycles. The number of fused-ring (bicyclic) bond motifs is 1. The van der Waals surface area contributed by atoms with Crippen LogP contribution in [0.2, 0.25) is 10.0 Å². The van der Waals surface area contributed by atoms with E-state index in [0.717, 1.165) is 40.8 Å². The number of nitrogens with one attached hydrogen (secondary N) is 1. The molecule has 2 aromatic carbocycles. The number of anilines is 1. The lowest BCUT2D eigenvalue weighted by Crippen LogP contribution is -2.59. The Hall–Kier alpha value is -2.14. The fourth-order valence-electron chi connectivity index (χ4n) is 5.11. The van der Waals surface area contributed by atoms with Gasteiger partial charge in [-0.15, -0.1) is 0 Å². The Morgan fingerprint density at radius 1 is 0.897 bits per heavy atom. The molecule has 0 radical (unpaired) electrons. The van der Waals surface area contributed by atoms with E-state index >= 15 is 0 Å². The van der Waals surface area contributed by atoms with Crippen LogP contribution in [0.3, 0.4) is 0 Å². The number of piperidine rings is 2. The van der Waals surface area contributed by atoms with Crippen LogP contribution in [0.1, 0.15) is 6.42 Å². The number of halogens is 2. The van der Waals surface area contributed by atoms with Gasteiger partial charge >= 0.3 is 0 Å². The maximum atomic E-state index is 6.10. The van der Waals surface area contributed by atoms with Gasteiger partial charge in [-0.25, -0.2) is 4.98 Å². The van der Waals surface area contributed by atoms with Crippen LogP contribution in [-0.4, -0.2) is 40.5 Å². The van der Waals surface area contributed by atoms with Gasteiger partial charge in [-0.3, -0.25) is 4.98 Å². The van der Waals surface area contributed by atoms with Crippen molar-refractivity contribution in [2.45, 2.75) is 12.5 Å². The molecule has 3 saturated heterocycles. The van der Waals surface area contributed by atoms with Crippen LogP contribution in [-0.2, 0) is 0 Å². The predicted molar refractivity (Wildman–Crippen MR) is 117 cm³/mol. The summed E-state index contributed by atoms with van der Waals surface area (Å²) in [6.45, 7) is 3.67. The van der Waals surface area contributed by atoms with Gasteiger partial charge in [-0.2, -0.15) is 0 Å². The van der Waals surface area contributed by atoms with Crippen LogP contribution < -0.4 is 5.32 Å². The van der Waals surface area contributed by atoms with E-state index in [4.69, 9.17) is 33.2 Å². The first-order valence-electron chi connectivity index (χ1n) is 9.97. The number of hydrogen-bond donors (Lipinski definition) is 1. The summed E-state index contributed by atoms with van der Waals surface area (Å²) in [4.78, 5) is 12.3. The van der Waals surface area contributed by atoms with Gasteiger partial charge in [-0.1, -0.05) is 47.5 Å². The highest BCUT2D eigenvalue weighted by Gasteiger charge is 2.67. The molecule has 6 heteroatoms. The van der Waals surface area contributed by atoms with Crippen molar-refractivity contribution in [2.75, 3.05) is 25.0 Å². The molecule has 1 unspecified atom stereocenters. The first-order chi connectivity index (χ1) is 14.1. The largest absolute Gasteiger partial charge is 0.364 e. The van der Waals surface area contributed by atoms with Crippen molar-refractivity contribution in [1.82, 2.24) is 14.9 Å². The normalized spacial score (nSPS) is 29.0. The number of benzene rings is 2. The van der Waals surface area contributed by atoms with Gasteiger partial charge in [0.05, 0.1) is 17.6 Å². The SMILES string of the molecule is Clc1ccc(-c2ncc(N[C@@H]3CN4CC5(CC35)C4)nc2-c2ccc(Cl)cc2)cc1. The van der Waals surface area contributed by atoms with Crippen molar-refractivity contribution in [3.63, 3.8) is 0 Å². The van der Waals surface area contributed by atoms with Crippen molar-refractivity contribution in [3.05, 3.63) is 64.8 Å². The second-order valence-electron chi connectivity index (χ2n) is 8.56. The lowest BCUT2D eigenvalue weighted by atomic mass is 9.85. The fraction of sp³-hybridized carbons (Fsp3) is 0.304. The van der Waals surface area contributed by atoms with Gasteiger partial charge in [0.25, 0.3) is 0 Å². The minimum absolute atomic E-state index is 0.464. The van der Waals surface area contributed by atoms with Gasteiger partial charge in [0.2, 0.25) is 0 Å². The van der Waals surface area contributed by atoms with Crippen molar-refractivity contribution in [2.24, 2.45) is 11.3 Å². The monoisotopic (exact) mass is 422 g/mol. The van der Waals surface area contributed by atoms with Gasteiger partial charge in [0.15, 0.2) is 0 Å². The molecule has 2 atom stereocenters. The fourth-order valence-corrected chi connectivity index (χ4v) is 5.37. The van der Waals surface area contributed by atoms with E-state index in [9.17, 15) is 0 Å². The maximum Gasteiger partial charge on any atom is 0.145 e. The summed E-state index contributed by atoms with van der Waals surface area (Å²) < 4.78 is 0. The van der Waals surface area contributed by atoms with Crippen molar-refractivity contribution >= 4 is 29.0 Å². The van der Waals surface area contributed by atoms with Crippen LogP contribution in [0.4, 0.5) is 5.82 Å². The second kappa shape index (κ2) is 6.43. The first-order valence-corrected chi connectivity index (χ1v) is 10.7.